The summed E-state index contributed by atoms with van der Waals surface area (Å²) in [6.07, 6.45) is 1.53. The molecule has 1 amide bonds. The molecule has 1 aromatic heterocycles. The molecule has 0 radical (unpaired) electrons. The SMILES string of the molecule is CC(C)(C)OC(=O)N1CC[C@@H](Nc2cccc3cnccc23)C1.O=C(O[C@@](C(=O)O)(C(=O)c1ccccc1)[C@H](O)C(=O)O)c1ccccc1. The number of carboxylic acid groups (broad SMARTS) is 2. The van der Waals surface area contributed by atoms with Crippen LogP contribution in [0.15, 0.2) is 97.3 Å². The number of ketones is 1. The molecule has 256 valence electrons. The number of aliphatic hydroxyl groups is 1. The second-order valence-electron chi connectivity index (χ2n) is 12.2. The van der Waals surface area contributed by atoms with Crippen molar-refractivity contribution in [1.29, 1.82) is 0 Å². The Morgan fingerprint density at radius 3 is 2.08 bits per heavy atom. The molecule has 13 heteroatoms. The number of pyridine rings is 1. The zero-order valence-corrected chi connectivity index (χ0v) is 27.1. The van der Waals surface area contributed by atoms with Crippen molar-refractivity contribution in [3.8, 4) is 0 Å². The number of carbonyl (C=O) groups excluding carboxylic acids is 3. The highest BCUT2D eigenvalue weighted by Gasteiger charge is 2.59. The van der Waals surface area contributed by atoms with Crippen LogP contribution in [0.5, 0.6) is 0 Å². The number of hydrogen-bond acceptors (Lipinski definition) is 10. The number of aliphatic hydroxyl groups excluding tert-OH is 1. The number of nitrogens with one attached hydrogen (secondary N) is 1. The number of aromatic nitrogens is 1. The molecule has 1 aliphatic heterocycles. The first-order valence-electron chi connectivity index (χ1n) is 15.3. The number of nitrogens with zero attached hydrogens (tertiary/aromatic N) is 2. The highest BCUT2D eigenvalue weighted by Crippen LogP contribution is 2.27. The lowest BCUT2D eigenvalue weighted by Crippen LogP contribution is -2.61. The molecule has 3 atom stereocenters. The average Bonchev–Trinajstić information content (AvgIpc) is 3.56. The fraction of sp³-hybridized carbons (Fsp3) is 0.278. The maximum Gasteiger partial charge on any atom is 0.410 e. The number of rotatable bonds is 9. The Morgan fingerprint density at radius 2 is 1.49 bits per heavy atom. The second kappa shape index (κ2) is 15.4. The normalized spacial score (nSPS) is 15.9. The maximum atomic E-state index is 12.7. The van der Waals surface area contributed by atoms with Crippen LogP contribution in [-0.2, 0) is 19.1 Å². The molecule has 13 nitrogen and oxygen atoms in total. The number of hydrogen-bond donors (Lipinski definition) is 4. The van der Waals surface area contributed by atoms with Crippen molar-refractivity contribution >= 4 is 46.2 Å². The van der Waals surface area contributed by atoms with Crippen molar-refractivity contribution in [2.24, 2.45) is 0 Å². The van der Waals surface area contributed by atoms with E-state index < -0.39 is 41.0 Å². The molecule has 4 N–H and O–H groups in total. The third kappa shape index (κ3) is 8.76. The van der Waals surface area contributed by atoms with E-state index in [-0.39, 0.29) is 23.3 Å². The number of likely N-dealkylation sites (tertiary alicyclic amines) is 1. The van der Waals surface area contributed by atoms with Gasteiger partial charge in [-0.3, -0.25) is 9.78 Å². The van der Waals surface area contributed by atoms with Crippen LogP contribution in [0.2, 0.25) is 0 Å². The van der Waals surface area contributed by atoms with E-state index in [4.69, 9.17) is 14.6 Å². The largest absolute Gasteiger partial charge is 0.479 e. The topological polar surface area (TPSA) is 193 Å². The summed E-state index contributed by atoms with van der Waals surface area (Å²) in [5, 5.41) is 34.4. The summed E-state index contributed by atoms with van der Waals surface area (Å²) in [5.41, 5.74) is -3.07. The third-order valence-electron chi connectivity index (χ3n) is 7.45. The average molecular weight is 672 g/mol. The number of carbonyl (C=O) groups is 5. The van der Waals surface area contributed by atoms with E-state index in [1.54, 1.807) is 23.2 Å². The lowest BCUT2D eigenvalue weighted by Gasteiger charge is -2.30. The first-order valence-corrected chi connectivity index (χ1v) is 15.3. The molecule has 4 aromatic rings. The summed E-state index contributed by atoms with van der Waals surface area (Å²) in [5.74, 6) is -6.77. The van der Waals surface area contributed by atoms with Gasteiger partial charge in [0.15, 0.2) is 0 Å². The number of esters is 1. The van der Waals surface area contributed by atoms with Gasteiger partial charge in [-0.2, -0.15) is 0 Å². The quantitative estimate of drug-likeness (QED) is 0.110. The molecular formula is C36H37N3O10. The summed E-state index contributed by atoms with van der Waals surface area (Å²) in [6.45, 7) is 7.05. The van der Waals surface area contributed by atoms with Crippen molar-refractivity contribution in [1.82, 2.24) is 9.88 Å². The number of carboxylic acids is 2. The predicted octanol–water partition coefficient (Wildman–Crippen LogP) is 4.65. The first kappa shape index (κ1) is 36.0. The van der Waals surface area contributed by atoms with E-state index in [0.717, 1.165) is 29.4 Å². The van der Waals surface area contributed by atoms with Gasteiger partial charge in [0.25, 0.3) is 0 Å². The van der Waals surface area contributed by atoms with E-state index in [1.165, 1.54) is 48.5 Å². The number of aliphatic carboxylic acids is 2. The Hall–Kier alpha value is -5.82. The van der Waals surface area contributed by atoms with Crippen molar-refractivity contribution in [3.05, 3.63) is 108 Å². The van der Waals surface area contributed by atoms with Gasteiger partial charge in [0.1, 0.15) is 5.60 Å². The number of Topliss-reactive ketones (excluding diaryl/α,β-unsaturated/α-hetero) is 1. The van der Waals surface area contributed by atoms with Crippen LogP contribution < -0.4 is 5.32 Å². The number of fused-ring (bicyclic) bond motifs is 1. The minimum absolute atomic E-state index is 0.114. The summed E-state index contributed by atoms with van der Waals surface area (Å²) < 4.78 is 10.2. The second-order valence-corrected chi connectivity index (χ2v) is 12.2. The van der Waals surface area contributed by atoms with E-state index in [9.17, 15) is 34.2 Å². The van der Waals surface area contributed by atoms with Crippen molar-refractivity contribution in [2.75, 3.05) is 18.4 Å². The molecule has 1 saturated heterocycles. The standard InChI is InChI=1S/C18H23N3O2.C18H14O8/c1-18(2,3)23-17(22)21-10-8-14(12-21)20-16-6-4-5-13-11-19-9-7-15(13)16;19-13(11-7-3-1-4-8-11)18(17(24)25,14(20)15(21)22)26-16(23)12-9-5-2-6-10-12/h4-7,9,11,14,20H,8,10,12H2,1-3H3;1-10,14,20H,(H,21,22)(H,24,25)/t14-;14-,18+/m11/s1. The molecule has 1 aliphatic rings. The molecule has 5 rings (SSSR count). The molecule has 2 heterocycles. The molecule has 1 fully saturated rings. The Bertz CT molecular complexity index is 1810. The van der Waals surface area contributed by atoms with E-state index >= 15 is 0 Å². The van der Waals surface area contributed by atoms with Crippen LogP contribution >= 0.6 is 0 Å². The third-order valence-corrected chi connectivity index (χ3v) is 7.45. The predicted molar refractivity (Wildman–Crippen MR) is 178 cm³/mol. The molecular weight excluding hydrogens is 634 g/mol. The molecule has 3 aromatic carbocycles. The zero-order chi connectivity index (χ0) is 35.8. The fourth-order valence-corrected chi connectivity index (χ4v) is 5.08. The van der Waals surface area contributed by atoms with Crippen molar-refractivity contribution in [2.45, 2.75) is 50.5 Å². The number of benzene rings is 3. The molecule has 0 saturated carbocycles. The van der Waals surface area contributed by atoms with Gasteiger partial charge in [-0.05, 0) is 51.5 Å². The minimum atomic E-state index is -3.35. The van der Waals surface area contributed by atoms with Crippen LogP contribution in [0.4, 0.5) is 10.5 Å². The maximum absolute atomic E-state index is 12.7. The van der Waals surface area contributed by atoms with E-state index in [1.807, 2.05) is 39.1 Å². The Balaban J connectivity index is 0.000000222. The smallest absolute Gasteiger partial charge is 0.410 e. The van der Waals surface area contributed by atoms with Crippen LogP contribution in [0.25, 0.3) is 10.8 Å². The van der Waals surface area contributed by atoms with Crippen LogP contribution in [-0.4, -0.2) is 91.4 Å². The molecule has 0 spiro atoms. The Kier molecular flexibility index (Phi) is 11.3. The summed E-state index contributed by atoms with van der Waals surface area (Å²) in [6, 6.07) is 22.3. The monoisotopic (exact) mass is 671 g/mol. The van der Waals surface area contributed by atoms with E-state index in [0.29, 0.717) is 6.54 Å². The number of ether oxygens (including phenoxy) is 2. The lowest BCUT2D eigenvalue weighted by molar-refractivity contribution is -0.176. The minimum Gasteiger partial charge on any atom is -0.479 e. The van der Waals surface area contributed by atoms with Gasteiger partial charge in [-0.15, -0.1) is 0 Å². The molecule has 49 heavy (non-hydrogen) atoms. The zero-order valence-electron chi connectivity index (χ0n) is 27.1. The van der Waals surface area contributed by atoms with Crippen LogP contribution in [0, 0.1) is 0 Å². The van der Waals surface area contributed by atoms with Gasteiger partial charge >= 0.3 is 29.6 Å². The fourth-order valence-electron chi connectivity index (χ4n) is 5.08. The van der Waals surface area contributed by atoms with Crippen molar-refractivity contribution < 1.29 is 48.8 Å². The van der Waals surface area contributed by atoms with Crippen LogP contribution in [0.3, 0.4) is 0 Å². The van der Waals surface area contributed by atoms with Gasteiger partial charge in [0, 0.05) is 53.5 Å². The lowest BCUT2D eigenvalue weighted by atomic mass is 9.87. The van der Waals surface area contributed by atoms with Gasteiger partial charge < -0.3 is 35.0 Å². The summed E-state index contributed by atoms with van der Waals surface area (Å²) in [4.78, 5) is 66.2. The van der Waals surface area contributed by atoms with E-state index in [2.05, 4.69) is 22.4 Å². The van der Waals surface area contributed by atoms with Gasteiger partial charge in [0.2, 0.25) is 11.9 Å². The number of amides is 1. The first-order chi connectivity index (χ1) is 23.2. The van der Waals surface area contributed by atoms with Gasteiger partial charge in [-0.25, -0.2) is 19.2 Å². The highest BCUT2D eigenvalue weighted by atomic mass is 16.6. The summed E-state index contributed by atoms with van der Waals surface area (Å²) in [7, 11) is 0. The Labute approximate surface area is 282 Å². The number of anilines is 1. The van der Waals surface area contributed by atoms with Gasteiger partial charge in [0.05, 0.1) is 5.56 Å². The van der Waals surface area contributed by atoms with Crippen LogP contribution in [0.1, 0.15) is 47.9 Å². The van der Waals surface area contributed by atoms with Gasteiger partial charge in [-0.1, -0.05) is 60.7 Å². The van der Waals surface area contributed by atoms with Crippen molar-refractivity contribution in [3.63, 3.8) is 0 Å². The molecule has 0 bridgehead atoms. The molecule has 0 aliphatic carbocycles. The Morgan fingerprint density at radius 1 is 0.857 bits per heavy atom. The summed E-state index contributed by atoms with van der Waals surface area (Å²) >= 11 is 0. The highest BCUT2D eigenvalue weighted by molar-refractivity contribution is 6.19. The molecule has 0 unspecified atom stereocenters.